The highest BCUT2D eigenvalue weighted by atomic mass is 16.5. The van der Waals surface area contributed by atoms with Gasteiger partial charge in [-0.25, -0.2) is 4.79 Å². The smallest absolute Gasteiger partial charge is 0.407 e. The molecular weight excluding hydrogens is 432 g/mol. The minimum atomic E-state index is -0.851. The number of hydrogen-bond donors (Lipinski definition) is 2. The van der Waals surface area contributed by atoms with Crippen molar-refractivity contribution in [1.82, 2.24) is 10.2 Å². The van der Waals surface area contributed by atoms with Gasteiger partial charge in [-0.15, -0.1) is 0 Å². The number of aliphatic carboxylic acids is 1. The highest BCUT2D eigenvalue weighted by molar-refractivity contribution is 5.86. The van der Waals surface area contributed by atoms with E-state index in [9.17, 15) is 19.5 Å². The van der Waals surface area contributed by atoms with Gasteiger partial charge in [-0.3, -0.25) is 9.59 Å². The Hall–Kier alpha value is -3.35. The number of hydrogen-bond acceptors (Lipinski definition) is 4. The van der Waals surface area contributed by atoms with E-state index in [0.29, 0.717) is 19.5 Å². The van der Waals surface area contributed by atoms with E-state index in [-0.39, 0.29) is 24.3 Å². The molecule has 1 heterocycles. The van der Waals surface area contributed by atoms with Crippen molar-refractivity contribution in [2.24, 2.45) is 11.8 Å². The van der Waals surface area contributed by atoms with Crippen molar-refractivity contribution in [3.8, 4) is 11.1 Å². The molecule has 34 heavy (non-hydrogen) atoms. The van der Waals surface area contributed by atoms with Crippen molar-refractivity contribution in [2.75, 3.05) is 19.7 Å². The van der Waals surface area contributed by atoms with E-state index in [1.807, 2.05) is 31.2 Å². The van der Waals surface area contributed by atoms with Crippen molar-refractivity contribution in [2.45, 2.75) is 45.1 Å². The average Bonchev–Trinajstić information content (AvgIpc) is 3.13. The molecule has 0 radical (unpaired) electrons. The van der Waals surface area contributed by atoms with E-state index in [4.69, 9.17) is 4.74 Å². The lowest BCUT2D eigenvalue weighted by atomic mass is 9.86. The van der Waals surface area contributed by atoms with Crippen molar-refractivity contribution in [3.63, 3.8) is 0 Å². The van der Waals surface area contributed by atoms with Crippen LogP contribution in [0.1, 0.15) is 50.2 Å². The van der Waals surface area contributed by atoms with Gasteiger partial charge in [-0.05, 0) is 28.7 Å². The molecule has 7 nitrogen and oxygen atoms in total. The first-order chi connectivity index (χ1) is 16.4. The molecule has 1 saturated heterocycles. The van der Waals surface area contributed by atoms with Gasteiger partial charge in [-0.1, -0.05) is 75.2 Å². The Morgan fingerprint density at radius 2 is 1.65 bits per heavy atom. The number of amides is 2. The lowest BCUT2D eigenvalue weighted by Gasteiger charge is -2.42. The molecule has 0 bridgehead atoms. The summed E-state index contributed by atoms with van der Waals surface area (Å²) >= 11 is 0. The number of carbonyl (C=O) groups is 3. The molecule has 2 aromatic rings. The molecule has 2 unspecified atom stereocenters. The number of alkyl carbamates (subject to hydrolysis) is 1. The molecule has 0 saturated carbocycles. The number of carboxylic acids is 1. The van der Waals surface area contributed by atoms with Crippen LogP contribution in [0.3, 0.4) is 0 Å². The largest absolute Gasteiger partial charge is 0.481 e. The van der Waals surface area contributed by atoms with Crippen molar-refractivity contribution in [3.05, 3.63) is 59.7 Å². The van der Waals surface area contributed by atoms with Crippen LogP contribution >= 0.6 is 0 Å². The fourth-order valence-corrected chi connectivity index (χ4v) is 4.88. The minimum Gasteiger partial charge on any atom is -0.481 e. The molecule has 2 N–H and O–H groups in total. The molecule has 2 aliphatic rings. The fourth-order valence-electron chi connectivity index (χ4n) is 4.88. The molecule has 0 spiro atoms. The molecule has 2 amide bonds. The monoisotopic (exact) mass is 464 g/mol. The van der Waals surface area contributed by atoms with Crippen LogP contribution in [-0.2, 0) is 14.3 Å². The molecule has 1 aliphatic carbocycles. The Labute approximate surface area is 200 Å². The summed E-state index contributed by atoms with van der Waals surface area (Å²) in [5.74, 6) is -1.61. The number of nitrogens with zero attached hydrogens (tertiary/aromatic N) is 1. The van der Waals surface area contributed by atoms with Gasteiger partial charge in [0.25, 0.3) is 0 Å². The third-order valence-electron chi connectivity index (χ3n) is 7.10. The highest BCUT2D eigenvalue weighted by Crippen LogP contribution is 2.44. The first-order valence-corrected chi connectivity index (χ1v) is 12.0. The maximum absolute atomic E-state index is 13.0. The summed E-state index contributed by atoms with van der Waals surface area (Å²) in [5.41, 5.74) is 4.58. The second kappa shape index (κ2) is 10.3. The van der Waals surface area contributed by atoms with Gasteiger partial charge in [0.15, 0.2) is 0 Å². The van der Waals surface area contributed by atoms with Crippen molar-refractivity contribution >= 4 is 18.0 Å². The van der Waals surface area contributed by atoms with Gasteiger partial charge in [0.05, 0.1) is 5.92 Å². The van der Waals surface area contributed by atoms with E-state index in [2.05, 4.69) is 29.6 Å². The van der Waals surface area contributed by atoms with Gasteiger partial charge in [0, 0.05) is 24.9 Å². The zero-order valence-electron chi connectivity index (χ0n) is 19.7. The zero-order chi connectivity index (χ0) is 24.2. The van der Waals surface area contributed by atoms with E-state index < -0.39 is 24.0 Å². The van der Waals surface area contributed by atoms with Crippen LogP contribution in [0.25, 0.3) is 11.1 Å². The maximum atomic E-state index is 13.0. The topological polar surface area (TPSA) is 95.9 Å². The van der Waals surface area contributed by atoms with Gasteiger partial charge >= 0.3 is 12.1 Å². The van der Waals surface area contributed by atoms with Gasteiger partial charge in [0.1, 0.15) is 12.6 Å². The first kappa shape index (κ1) is 23.8. The fraction of sp³-hybridized carbons (Fsp3) is 0.444. The standard InChI is InChI=1S/C27H32N2O5/c1-3-4-13-24(25(30)29-14-18(15-29)17(2)26(31)32)28-27(33)34-16-23-21-11-7-5-9-19(21)20-10-6-8-12-22(20)23/h5-12,17-18,23-24H,3-4,13-16H2,1-2H3,(H,28,33)(H,31,32). The summed E-state index contributed by atoms with van der Waals surface area (Å²) in [7, 11) is 0. The van der Waals surface area contributed by atoms with Crippen LogP contribution < -0.4 is 5.32 Å². The molecule has 1 fully saturated rings. The van der Waals surface area contributed by atoms with Gasteiger partial charge < -0.3 is 20.1 Å². The normalized spacial score (nSPS) is 16.7. The number of carbonyl (C=O) groups excluding carboxylic acids is 2. The molecule has 4 rings (SSSR count). The van der Waals surface area contributed by atoms with Crippen LogP contribution in [0, 0.1) is 11.8 Å². The number of ether oxygens (including phenoxy) is 1. The Balaban J connectivity index is 1.37. The van der Waals surface area contributed by atoms with E-state index in [1.54, 1.807) is 11.8 Å². The molecular formula is C27H32N2O5. The quantitative estimate of drug-likeness (QED) is 0.578. The molecule has 2 atom stereocenters. The zero-order valence-corrected chi connectivity index (χ0v) is 19.7. The van der Waals surface area contributed by atoms with E-state index in [1.165, 1.54) is 0 Å². The summed E-state index contributed by atoms with van der Waals surface area (Å²) < 4.78 is 5.62. The molecule has 180 valence electrons. The summed E-state index contributed by atoms with van der Waals surface area (Å²) in [5, 5.41) is 12.0. The Bertz CT molecular complexity index is 1020. The molecule has 7 heteroatoms. The van der Waals surface area contributed by atoms with Crippen LogP contribution in [0.4, 0.5) is 4.79 Å². The Morgan fingerprint density at radius 1 is 1.06 bits per heavy atom. The number of rotatable bonds is 9. The van der Waals surface area contributed by atoms with Crippen LogP contribution in [0.5, 0.6) is 0 Å². The summed E-state index contributed by atoms with van der Waals surface area (Å²) in [6, 6.07) is 15.6. The molecule has 0 aromatic heterocycles. The minimum absolute atomic E-state index is 0.0448. The Kier molecular flexibility index (Phi) is 7.20. The molecule has 2 aromatic carbocycles. The van der Waals surface area contributed by atoms with Crippen LogP contribution in [-0.4, -0.2) is 53.7 Å². The van der Waals surface area contributed by atoms with E-state index in [0.717, 1.165) is 35.1 Å². The Morgan fingerprint density at radius 3 is 2.21 bits per heavy atom. The highest BCUT2D eigenvalue weighted by Gasteiger charge is 2.39. The summed E-state index contributed by atoms with van der Waals surface area (Å²) in [4.78, 5) is 38.5. The average molecular weight is 465 g/mol. The second-order valence-electron chi connectivity index (χ2n) is 9.29. The summed E-state index contributed by atoms with van der Waals surface area (Å²) in [6.07, 6.45) is 1.61. The van der Waals surface area contributed by atoms with Gasteiger partial charge in [-0.2, -0.15) is 0 Å². The lowest BCUT2D eigenvalue weighted by Crippen LogP contribution is -2.59. The van der Waals surface area contributed by atoms with Crippen LogP contribution in [0.2, 0.25) is 0 Å². The SMILES string of the molecule is CCCCC(NC(=O)OCC1c2ccccc2-c2ccccc21)C(=O)N1CC(C(C)C(=O)O)C1. The predicted octanol–water partition coefficient (Wildman–Crippen LogP) is 4.26. The van der Waals surface area contributed by atoms with E-state index >= 15 is 0 Å². The predicted molar refractivity (Wildman–Crippen MR) is 128 cm³/mol. The van der Waals surface area contributed by atoms with Crippen molar-refractivity contribution < 1.29 is 24.2 Å². The number of carboxylic acid groups (broad SMARTS) is 1. The first-order valence-electron chi connectivity index (χ1n) is 12.0. The number of fused-ring (bicyclic) bond motifs is 3. The second-order valence-corrected chi connectivity index (χ2v) is 9.29. The van der Waals surface area contributed by atoms with Crippen LogP contribution in [0.15, 0.2) is 48.5 Å². The molecule has 1 aliphatic heterocycles. The summed E-state index contributed by atoms with van der Waals surface area (Å²) in [6.45, 7) is 4.69. The number of likely N-dealkylation sites (tertiary alicyclic amines) is 1. The third-order valence-corrected chi connectivity index (χ3v) is 7.10. The maximum Gasteiger partial charge on any atom is 0.407 e. The number of nitrogens with one attached hydrogen (secondary N) is 1. The number of benzene rings is 2. The lowest BCUT2D eigenvalue weighted by molar-refractivity contribution is -0.151. The number of unbranched alkanes of at least 4 members (excludes halogenated alkanes) is 1. The van der Waals surface area contributed by atoms with Gasteiger partial charge in [0.2, 0.25) is 5.91 Å². The van der Waals surface area contributed by atoms with Crippen molar-refractivity contribution in [1.29, 1.82) is 0 Å². The third kappa shape index (κ3) is 4.79.